The highest BCUT2D eigenvalue weighted by molar-refractivity contribution is 6.07. The Morgan fingerprint density at radius 1 is 1.06 bits per heavy atom. The van der Waals surface area contributed by atoms with Gasteiger partial charge >= 0.3 is 6.09 Å². The predicted molar refractivity (Wildman–Crippen MR) is 129 cm³/mol. The summed E-state index contributed by atoms with van der Waals surface area (Å²) < 4.78 is 1.71. The molecule has 1 saturated heterocycles. The zero-order valence-electron chi connectivity index (χ0n) is 19.2. The van der Waals surface area contributed by atoms with E-state index in [1.165, 1.54) is 4.90 Å². The van der Waals surface area contributed by atoms with Crippen LogP contribution < -0.4 is 10.5 Å². The fourth-order valence-corrected chi connectivity index (χ4v) is 4.67. The average Bonchev–Trinajstić information content (AvgIpc) is 2.83. The van der Waals surface area contributed by atoms with Gasteiger partial charge in [0.2, 0.25) is 0 Å². The Kier molecular flexibility index (Phi) is 6.22. The molecule has 1 fully saturated rings. The molecule has 172 valence electrons. The highest BCUT2D eigenvalue weighted by atomic mass is 16.4. The van der Waals surface area contributed by atoms with Gasteiger partial charge in [0, 0.05) is 49.4 Å². The first kappa shape index (κ1) is 22.6. The molecule has 1 N–H and O–H groups in total. The summed E-state index contributed by atoms with van der Waals surface area (Å²) in [6.45, 7) is 5.34. The van der Waals surface area contributed by atoms with Crippen molar-refractivity contribution in [1.82, 2.24) is 9.47 Å². The fraction of sp³-hybridized carbons (Fsp3) is 0.346. The first-order valence-electron chi connectivity index (χ1n) is 11.3. The topological polar surface area (TPSA) is 82.9 Å². The molecule has 0 atom stereocenters. The van der Waals surface area contributed by atoms with Crippen molar-refractivity contribution in [3.63, 3.8) is 0 Å². The van der Waals surface area contributed by atoms with Gasteiger partial charge in [0.15, 0.2) is 0 Å². The van der Waals surface area contributed by atoms with E-state index in [1.807, 2.05) is 50.2 Å². The molecule has 2 aromatic carbocycles. The smallest absolute Gasteiger partial charge is 0.407 e. The van der Waals surface area contributed by atoms with Crippen molar-refractivity contribution in [2.75, 3.05) is 25.0 Å². The maximum absolute atomic E-state index is 13.3. The number of hydrogen-bond acceptors (Lipinski definition) is 3. The number of carbonyl (C=O) groups is 2. The summed E-state index contributed by atoms with van der Waals surface area (Å²) in [6, 6.07) is 15.0. The zero-order chi connectivity index (χ0) is 23.7. The number of amides is 2. The molecular weight excluding hydrogens is 418 g/mol. The van der Waals surface area contributed by atoms with Crippen molar-refractivity contribution in [3.05, 3.63) is 75.6 Å². The summed E-state index contributed by atoms with van der Waals surface area (Å²) >= 11 is 0. The molecule has 33 heavy (non-hydrogen) atoms. The highest BCUT2D eigenvalue weighted by Crippen LogP contribution is 2.33. The Hall–Kier alpha value is -3.61. The van der Waals surface area contributed by atoms with Crippen LogP contribution in [-0.2, 0) is 6.54 Å². The fourth-order valence-electron chi connectivity index (χ4n) is 4.67. The maximum atomic E-state index is 13.3. The minimum absolute atomic E-state index is 0.0717. The van der Waals surface area contributed by atoms with Gasteiger partial charge in [0.05, 0.1) is 5.52 Å². The molecule has 0 unspecified atom stereocenters. The number of likely N-dealkylation sites (tertiary alicyclic amines) is 1. The summed E-state index contributed by atoms with van der Waals surface area (Å²) in [5.41, 5.74) is 4.12. The Labute approximate surface area is 192 Å². The van der Waals surface area contributed by atoms with Gasteiger partial charge in [-0.3, -0.25) is 9.59 Å². The second kappa shape index (κ2) is 9.10. The minimum Gasteiger partial charge on any atom is -0.465 e. The van der Waals surface area contributed by atoms with Crippen molar-refractivity contribution >= 4 is 28.6 Å². The van der Waals surface area contributed by atoms with E-state index in [0.29, 0.717) is 38.0 Å². The lowest BCUT2D eigenvalue weighted by atomic mass is 9.87. The largest absolute Gasteiger partial charge is 0.465 e. The number of aromatic nitrogens is 1. The Morgan fingerprint density at radius 3 is 2.33 bits per heavy atom. The van der Waals surface area contributed by atoms with Crippen LogP contribution in [0.5, 0.6) is 0 Å². The quantitative estimate of drug-likeness (QED) is 0.640. The molecule has 3 aromatic rings. The van der Waals surface area contributed by atoms with Crippen LogP contribution in [0.1, 0.15) is 47.2 Å². The number of rotatable bonds is 4. The summed E-state index contributed by atoms with van der Waals surface area (Å²) in [5, 5.41) is 10.2. The van der Waals surface area contributed by atoms with Gasteiger partial charge in [-0.25, -0.2) is 4.79 Å². The Bertz CT molecular complexity index is 1260. The van der Waals surface area contributed by atoms with Crippen LogP contribution in [0.4, 0.5) is 10.5 Å². The lowest BCUT2D eigenvalue weighted by molar-refractivity contribution is 0.0993. The number of anilines is 1. The molecule has 0 bridgehead atoms. The summed E-state index contributed by atoms with van der Waals surface area (Å²) in [7, 11) is 1.76. The molecule has 1 aliphatic rings. The molecule has 1 aliphatic heterocycles. The molecule has 7 heteroatoms. The molecule has 0 spiro atoms. The van der Waals surface area contributed by atoms with Crippen LogP contribution in [0.25, 0.3) is 10.9 Å². The normalized spacial score (nSPS) is 14.5. The van der Waals surface area contributed by atoms with E-state index in [2.05, 4.69) is 0 Å². The summed E-state index contributed by atoms with van der Waals surface area (Å²) in [5.74, 6) is -0.0517. The molecule has 2 amide bonds. The molecule has 7 nitrogen and oxygen atoms in total. The summed E-state index contributed by atoms with van der Waals surface area (Å²) in [6.07, 6.45) is 0.392. The third kappa shape index (κ3) is 4.35. The number of fused-ring (bicyclic) bond motifs is 1. The van der Waals surface area contributed by atoms with Gasteiger partial charge in [-0.05, 0) is 68.5 Å². The van der Waals surface area contributed by atoms with E-state index in [9.17, 15) is 19.5 Å². The van der Waals surface area contributed by atoms with Gasteiger partial charge in [-0.1, -0.05) is 17.7 Å². The van der Waals surface area contributed by atoms with Gasteiger partial charge in [-0.2, -0.15) is 0 Å². The van der Waals surface area contributed by atoms with Crippen LogP contribution in [0.2, 0.25) is 0 Å². The van der Waals surface area contributed by atoms with E-state index in [1.54, 1.807) is 28.6 Å². The first-order chi connectivity index (χ1) is 15.8. The molecule has 0 aliphatic carbocycles. The van der Waals surface area contributed by atoms with Gasteiger partial charge < -0.3 is 19.5 Å². The van der Waals surface area contributed by atoms with Crippen LogP contribution >= 0.6 is 0 Å². The second-order valence-electron chi connectivity index (χ2n) is 8.66. The van der Waals surface area contributed by atoms with Crippen molar-refractivity contribution < 1.29 is 14.7 Å². The van der Waals surface area contributed by atoms with Gasteiger partial charge in [0.25, 0.3) is 11.5 Å². The SMILES string of the molecule is CCn1c(=O)cc(C2CCN(C(=O)O)CC2)c2cc(C(=O)N(C)c3ccc(C)cc3)ccc21. The van der Waals surface area contributed by atoms with Crippen molar-refractivity contribution in [2.45, 2.75) is 39.2 Å². The number of pyridine rings is 1. The number of nitrogens with zero attached hydrogens (tertiary/aromatic N) is 3. The lowest BCUT2D eigenvalue weighted by Crippen LogP contribution is -2.37. The van der Waals surface area contributed by atoms with Gasteiger partial charge in [-0.15, -0.1) is 0 Å². The standard InChI is InChI=1S/C26H29N3O4/c1-4-29-23-10-7-19(25(31)27(3)20-8-5-17(2)6-9-20)15-22(23)21(16-24(29)30)18-11-13-28(14-12-18)26(32)33/h5-10,15-16,18H,4,11-14H2,1-3H3,(H,32,33). The van der Waals surface area contributed by atoms with Crippen LogP contribution in [0, 0.1) is 6.92 Å². The minimum atomic E-state index is -0.910. The Morgan fingerprint density at radius 2 is 1.73 bits per heavy atom. The van der Waals surface area contributed by atoms with Gasteiger partial charge in [0.1, 0.15) is 0 Å². The lowest BCUT2D eigenvalue weighted by Gasteiger charge is -2.31. The number of aryl methyl sites for hydroxylation is 2. The molecule has 0 radical (unpaired) electrons. The first-order valence-corrected chi connectivity index (χ1v) is 11.3. The number of carbonyl (C=O) groups excluding carboxylic acids is 1. The Balaban J connectivity index is 1.75. The van der Waals surface area contributed by atoms with Crippen molar-refractivity contribution in [2.24, 2.45) is 0 Å². The number of hydrogen-bond donors (Lipinski definition) is 1. The van der Waals surface area contributed by atoms with E-state index in [4.69, 9.17) is 0 Å². The van der Waals surface area contributed by atoms with Crippen molar-refractivity contribution in [1.29, 1.82) is 0 Å². The van der Waals surface area contributed by atoms with Crippen LogP contribution in [0.15, 0.2) is 53.3 Å². The number of piperidine rings is 1. The number of carboxylic acid groups (broad SMARTS) is 1. The average molecular weight is 448 g/mol. The predicted octanol–water partition coefficient (Wildman–Crippen LogP) is 4.46. The highest BCUT2D eigenvalue weighted by Gasteiger charge is 2.26. The van der Waals surface area contributed by atoms with Crippen LogP contribution in [0.3, 0.4) is 0 Å². The monoisotopic (exact) mass is 447 g/mol. The maximum Gasteiger partial charge on any atom is 0.407 e. The molecule has 1 aromatic heterocycles. The zero-order valence-corrected chi connectivity index (χ0v) is 19.2. The molecule has 2 heterocycles. The number of benzene rings is 2. The summed E-state index contributed by atoms with van der Waals surface area (Å²) in [4.78, 5) is 40.4. The third-order valence-electron chi connectivity index (χ3n) is 6.64. The van der Waals surface area contributed by atoms with E-state index >= 15 is 0 Å². The van der Waals surface area contributed by atoms with E-state index in [-0.39, 0.29) is 17.4 Å². The van der Waals surface area contributed by atoms with Crippen molar-refractivity contribution in [3.8, 4) is 0 Å². The van der Waals surface area contributed by atoms with Crippen LogP contribution in [-0.4, -0.2) is 46.7 Å². The molecule has 0 saturated carbocycles. The molecular formula is C26H29N3O4. The second-order valence-corrected chi connectivity index (χ2v) is 8.66. The molecule has 4 rings (SSSR count). The van der Waals surface area contributed by atoms with E-state index < -0.39 is 6.09 Å². The third-order valence-corrected chi connectivity index (χ3v) is 6.64. The van der Waals surface area contributed by atoms with E-state index in [0.717, 1.165) is 27.7 Å².